The van der Waals surface area contributed by atoms with Crippen LogP contribution in [0.2, 0.25) is 5.02 Å². The number of nitrogens with one attached hydrogen (secondary N) is 2. The lowest BCUT2D eigenvalue weighted by atomic mass is 10.0. The SMILES string of the molecule is CC(C)(C)OC(=O)N1CCC(Nc2ncnc3[nH]cc(C(=O)c4ccc(Oc5ccccc5)cc4Cl)c23)C(F)C1. The van der Waals surface area contributed by atoms with Crippen molar-refractivity contribution >= 4 is 40.3 Å². The van der Waals surface area contributed by atoms with E-state index in [1.807, 2.05) is 30.3 Å². The maximum Gasteiger partial charge on any atom is 0.410 e. The molecular formula is C29H29ClFN5O4. The summed E-state index contributed by atoms with van der Waals surface area (Å²) in [7, 11) is 0. The fourth-order valence-electron chi connectivity index (χ4n) is 4.50. The molecule has 5 rings (SSSR count). The summed E-state index contributed by atoms with van der Waals surface area (Å²) < 4.78 is 26.4. The second-order valence-electron chi connectivity index (χ2n) is 10.5. The molecule has 1 aliphatic heterocycles. The van der Waals surface area contributed by atoms with Crippen LogP contribution in [0.25, 0.3) is 11.0 Å². The summed E-state index contributed by atoms with van der Waals surface area (Å²) >= 11 is 6.50. The minimum absolute atomic E-state index is 0.118. The molecule has 11 heteroatoms. The number of halogens is 2. The van der Waals surface area contributed by atoms with E-state index in [4.69, 9.17) is 21.1 Å². The number of alkyl halides is 1. The van der Waals surface area contributed by atoms with E-state index in [0.29, 0.717) is 46.9 Å². The van der Waals surface area contributed by atoms with E-state index in [1.54, 1.807) is 39.0 Å². The zero-order valence-electron chi connectivity index (χ0n) is 22.3. The van der Waals surface area contributed by atoms with Gasteiger partial charge in [-0.05, 0) is 51.5 Å². The van der Waals surface area contributed by atoms with Crippen LogP contribution in [0.15, 0.2) is 61.1 Å². The summed E-state index contributed by atoms with van der Waals surface area (Å²) in [5, 5.41) is 3.78. The first-order valence-electron chi connectivity index (χ1n) is 12.9. The van der Waals surface area contributed by atoms with Gasteiger partial charge in [-0.2, -0.15) is 0 Å². The van der Waals surface area contributed by atoms with Gasteiger partial charge in [0.15, 0.2) is 5.78 Å². The molecule has 2 unspecified atom stereocenters. The van der Waals surface area contributed by atoms with E-state index in [1.165, 1.54) is 17.4 Å². The number of carbonyl (C=O) groups is 2. The molecular weight excluding hydrogens is 537 g/mol. The summed E-state index contributed by atoms with van der Waals surface area (Å²) in [5.74, 6) is 1.10. The maximum absolute atomic E-state index is 15.2. The Kier molecular flexibility index (Phi) is 7.62. The lowest BCUT2D eigenvalue weighted by molar-refractivity contribution is 0.0125. The summed E-state index contributed by atoms with van der Waals surface area (Å²) in [4.78, 5) is 38.9. The normalized spacial score (nSPS) is 17.5. The molecule has 2 aromatic heterocycles. The first kappa shape index (κ1) is 27.4. The van der Waals surface area contributed by atoms with Crippen LogP contribution in [-0.4, -0.2) is 62.6 Å². The number of benzene rings is 2. The van der Waals surface area contributed by atoms with Gasteiger partial charge >= 0.3 is 6.09 Å². The molecule has 2 aromatic carbocycles. The highest BCUT2D eigenvalue weighted by Crippen LogP contribution is 2.32. The topological polar surface area (TPSA) is 109 Å². The van der Waals surface area contributed by atoms with Crippen LogP contribution >= 0.6 is 11.6 Å². The molecule has 3 heterocycles. The zero-order valence-corrected chi connectivity index (χ0v) is 23.0. The van der Waals surface area contributed by atoms with Crippen LogP contribution in [0.1, 0.15) is 43.1 Å². The van der Waals surface area contributed by atoms with Gasteiger partial charge in [0.2, 0.25) is 0 Å². The molecule has 0 spiro atoms. The molecule has 1 fully saturated rings. The highest BCUT2D eigenvalue weighted by atomic mass is 35.5. The van der Waals surface area contributed by atoms with Crippen LogP contribution in [0.3, 0.4) is 0 Å². The summed E-state index contributed by atoms with van der Waals surface area (Å²) in [6, 6.07) is 13.4. The van der Waals surface area contributed by atoms with Crippen molar-refractivity contribution in [2.75, 3.05) is 18.4 Å². The van der Waals surface area contributed by atoms with E-state index >= 15 is 4.39 Å². The predicted octanol–water partition coefficient (Wildman–Crippen LogP) is 6.39. The number of likely N-dealkylation sites (tertiary alicyclic amines) is 1. The van der Waals surface area contributed by atoms with Crippen LogP contribution in [-0.2, 0) is 4.74 Å². The number of fused-ring (bicyclic) bond motifs is 1. The molecule has 2 N–H and O–H groups in total. The summed E-state index contributed by atoms with van der Waals surface area (Å²) in [6.07, 6.45) is 1.27. The third-order valence-corrected chi connectivity index (χ3v) is 6.71. The van der Waals surface area contributed by atoms with Crippen molar-refractivity contribution in [3.8, 4) is 11.5 Å². The van der Waals surface area contributed by atoms with Gasteiger partial charge in [0.1, 0.15) is 41.1 Å². The Balaban J connectivity index is 1.34. The predicted molar refractivity (Wildman–Crippen MR) is 150 cm³/mol. The van der Waals surface area contributed by atoms with E-state index in [-0.39, 0.29) is 22.9 Å². The van der Waals surface area contributed by atoms with Gasteiger partial charge in [-0.25, -0.2) is 19.2 Å². The van der Waals surface area contributed by atoms with Gasteiger partial charge < -0.3 is 24.7 Å². The van der Waals surface area contributed by atoms with Crippen molar-refractivity contribution in [2.24, 2.45) is 0 Å². The number of para-hydroxylation sites is 1. The fraction of sp³-hybridized carbons (Fsp3) is 0.310. The fourth-order valence-corrected chi connectivity index (χ4v) is 4.76. The largest absolute Gasteiger partial charge is 0.457 e. The van der Waals surface area contributed by atoms with Gasteiger partial charge in [0, 0.05) is 24.4 Å². The van der Waals surface area contributed by atoms with Crippen molar-refractivity contribution in [1.82, 2.24) is 19.9 Å². The lowest BCUT2D eigenvalue weighted by Gasteiger charge is -2.36. The van der Waals surface area contributed by atoms with Gasteiger partial charge in [-0.15, -0.1) is 0 Å². The van der Waals surface area contributed by atoms with Gasteiger partial charge in [0.25, 0.3) is 0 Å². The molecule has 1 saturated heterocycles. The number of aromatic amines is 1. The van der Waals surface area contributed by atoms with E-state index in [9.17, 15) is 9.59 Å². The molecule has 0 radical (unpaired) electrons. The third kappa shape index (κ3) is 6.02. The Labute approximate surface area is 235 Å². The molecule has 9 nitrogen and oxygen atoms in total. The monoisotopic (exact) mass is 565 g/mol. The van der Waals surface area contributed by atoms with Gasteiger partial charge in [-0.1, -0.05) is 29.8 Å². The zero-order chi connectivity index (χ0) is 28.4. The van der Waals surface area contributed by atoms with Crippen LogP contribution in [0, 0.1) is 0 Å². The maximum atomic E-state index is 15.2. The molecule has 0 bridgehead atoms. The lowest BCUT2D eigenvalue weighted by Crippen LogP contribution is -2.51. The van der Waals surface area contributed by atoms with Gasteiger partial charge in [0.05, 0.1) is 28.6 Å². The summed E-state index contributed by atoms with van der Waals surface area (Å²) in [5.41, 5.74) is 0.313. The number of ether oxygens (including phenoxy) is 2. The Morgan fingerprint density at radius 1 is 1.10 bits per heavy atom. The minimum atomic E-state index is -1.38. The second-order valence-corrected chi connectivity index (χ2v) is 10.9. The van der Waals surface area contributed by atoms with Crippen molar-refractivity contribution in [3.05, 3.63) is 77.2 Å². The number of H-pyrrole nitrogens is 1. The first-order valence-corrected chi connectivity index (χ1v) is 13.2. The van der Waals surface area contributed by atoms with E-state index in [2.05, 4.69) is 20.3 Å². The average Bonchev–Trinajstić information content (AvgIpc) is 3.34. The van der Waals surface area contributed by atoms with Crippen molar-refractivity contribution < 1.29 is 23.5 Å². The number of amides is 1. The number of piperidine rings is 1. The van der Waals surface area contributed by atoms with Crippen LogP contribution < -0.4 is 10.1 Å². The first-order chi connectivity index (χ1) is 19.1. The molecule has 1 amide bonds. The number of anilines is 1. The number of rotatable bonds is 6. The Bertz CT molecular complexity index is 1540. The Morgan fingerprint density at radius 2 is 1.88 bits per heavy atom. The third-order valence-electron chi connectivity index (χ3n) is 6.39. The molecule has 1 aliphatic rings. The Hall–Kier alpha value is -4.18. The van der Waals surface area contributed by atoms with Gasteiger partial charge in [-0.3, -0.25) is 4.79 Å². The van der Waals surface area contributed by atoms with Crippen molar-refractivity contribution in [2.45, 2.75) is 45.0 Å². The van der Waals surface area contributed by atoms with E-state index < -0.39 is 23.9 Å². The number of hydrogen-bond donors (Lipinski definition) is 2. The molecule has 0 aliphatic carbocycles. The Morgan fingerprint density at radius 3 is 2.58 bits per heavy atom. The van der Waals surface area contributed by atoms with Crippen LogP contribution in [0.5, 0.6) is 11.5 Å². The number of aromatic nitrogens is 3. The standard InChI is InChI=1S/C29H29ClFN5O4/c1-29(2,3)40-28(38)36-12-11-23(22(31)15-36)35-27-24-20(14-32-26(24)33-16-34-27)25(37)19-10-9-18(13-21(19)30)39-17-7-5-4-6-8-17/h4-10,13-14,16,22-23H,11-12,15H2,1-3H3,(H2,32,33,34,35). The molecule has 40 heavy (non-hydrogen) atoms. The number of nitrogens with zero attached hydrogens (tertiary/aromatic N) is 3. The molecule has 4 aromatic rings. The average molecular weight is 566 g/mol. The van der Waals surface area contributed by atoms with Crippen molar-refractivity contribution in [1.29, 1.82) is 0 Å². The number of ketones is 1. The van der Waals surface area contributed by atoms with Crippen LogP contribution in [0.4, 0.5) is 15.0 Å². The van der Waals surface area contributed by atoms with Crippen molar-refractivity contribution in [3.63, 3.8) is 0 Å². The molecule has 2 atom stereocenters. The smallest absolute Gasteiger partial charge is 0.410 e. The second kappa shape index (κ2) is 11.1. The number of carbonyl (C=O) groups excluding carboxylic acids is 2. The summed E-state index contributed by atoms with van der Waals surface area (Å²) in [6.45, 7) is 5.49. The number of hydrogen-bond acceptors (Lipinski definition) is 7. The minimum Gasteiger partial charge on any atom is -0.457 e. The highest BCUT2D eigenvalue weighted by Gasteiger charge is 2.34. The molecule has 0 saturated carbocycles. The molecule has 208 valence electrons. The quantitative estimate of drug-likeness (QED) is 0.260. The van der Waals surface area contributed by atoms with E-state index in [0.717, 1.165) is 0 Å². The highest BCUT2D eigenvalue weighted by molar-refractivity contribution is 6.35.